The number of alkyl halides is 3. The number of benzene rings is 1. The van der Waals surface area contributed by atoms with Gasteiger partial charge in [0.2, 0.25) is 0 Å². The van der Waals surface area contributed by atoms with Crippen LogP contribution in [0.15, 0.2) is 22.7 Å². The fourth-order valence-electron chi connectivity index (χ4n) is 2.12. The lowest BCUT2D eigenvalue weighted by Crippen LogP contribution is -2.16. The number of nitrogens with one attached hydrogen (secondary N) is 1. The number of carbonyl (C=O) groups is 1. The molecule has 2 aromatic heterocycles. The standard InChI is InChI=1S/C14H10F3N3O3S/c1-6-11(7(2)23-20-6)12(21)19-13-18-9-4-3-8(5-10(9)24-13)22-14(15,16)17/h3-5H,1-2H3,(H,18,19,21). The van der Waals surface area contributed by atoms with Crippen molar-refractivity contribution in [2.45, 2.75) is 20.2 Å². The molecule has 0 aliphatic carbocycles. The van der Waals surface area contributed by atoms with E-state index in [4.69, 9.17) is 4.52 Å². The highest BCUT2D eigenvalue weighted by Gasteiger charge is 2.31. The molecule has 0 saturated heterocycles. The number of ether oxygens (including phenoxy) is 1. The van der Waals surface area contributed by atoms with Crippen LogP contribution in [0.2, 0.25) is 0 Å². The summed E-state index contributed by atoms with van der Waals surface area (Å²) in [4.78, 5) is 16.4. The summed E-state index contributed by atoms with van der Waals surface area (Å²) in [6.45, 7) is 3.23. The normalized spacial score (nSPS) is 11.7. The quantitative estimate of drug-likeness (QED) is 0.765. The zero-order valence-corrected chi connectivity index (χ0v) is 13.2. The summed E-state index contributed by atoms with van der Waals surface area (Å²) in [5, 5.41) is 6.53. The van der Waals surface area contributed by atoms with Crippen LogP contribution in [0.4, 0.5) is 18.3 Å². The van der Waals surface area contributed by atoms with E-state index in [0.717, 1.165) is 17.4 Å². The molecule has 0 atom stereocenters. The molecule has 3 aromatic rings. The minimum Gasteiger partial charge on any atom is -0.406 e. The van der Waals surface area contributed by atoms with Crippen LogP contribution in [0.25, 0.3) is 10.2 Å². The van der Waals surface area contributed by atoms with Gasteiger partial charge in [0.1, 0.15) is 17.1 Å². The van der Waals surface area contributed by atoms with Crippen molar-refractivity contribution in [1.82, 2.24) is 10.1 Å². The Labute approximate surface area is 137 Å². The number of rotatable bonds is 3. The third kappa shape index (κ3) is 3.32. The van der Waals surface area contributed by atoms with Crippen LogP contribution < -0.4 is 10.1 Å². The van der Waals surface area contributed by atoms with Gasteiger partial charge in [0.05, 0.1) is 15.9 Å². The van der Waals surface area contributed by atoms with Crippen molar-refractivity contribution >= 4 is 32.6 Å². The van der Waals surface area contributed by atoms with Crippen molar-refractivity contribution in [2.24, 2.45) is 0 Å². The Hall–Kier alpha value is -2.62. The zero-order valence-electron chi connectivity index (χ0n) is 12.4. The Morgan fingerprint density at radius 2 is 2.08 bits per heavy atom. The molecule has 0 aliphatic heterocycles. The molecule has 6 nitrogen and oxygen atoms in total. The van der Waals surface area contributed by atoms with Crippen LogP contribution in [0.1, 0.15) is 21.8 Å². The van der Waals surface area contributed by atoms with Gasteiger partial charge < -0.3 is 9.26 Å². The first kappa shape index (κ1) is 16.2. The fraction of sp³-hybridized carbons (Fsp3) is 0.214. The maximum Gasteiger partial charge on any atom is 0.573 e. The number of hydrogen-bond donors (Lipinski definition) is 1. The van der Waals surface area contributed by atoms with Gasteiger partial charge in [-0.25, -0.2) is 4.98 Å². The second kappa shape index (κ2) is 5.78. The topological polar surface area (TPSA) is 77.3 Å². The first-order valence-electron chi connectivity index (χ1n) is 6.63. The van der Waals surface area contributed by atoms with E-state index >= 15 is 0 Å². The number of amides is 1. The molecule has 2 heterocycles. The van der Waals surface area contributed by atoms with Crippen molar-refractivity contribution in [3.63, 3.8) is 0 Å². The molecule has 1 aromatic carbocycles. The molecule has 1 amide bonds. The van der Waals surface area contributed by atoms with Gasteiger partial charge in [0.15, 0.2) is 5.13 Å². The van der Waals surface area contributed by atoms with Gasteiger partial charge in [0.25, 0.3) is 5.91 Å². The second-order valence-electron chi connectivity index (χ2n) is 4.85. The van der Waals surface area contributed by atoms with Crippen molar-refractivity contribution in [1.29, 1.82) is 0 Å². The van der Waals surface area contributed by atoms with Crippen molar-refractivity contribution in [2.75, 3.05) is 5.32 Å². The van der Waals surface area contributed by atoms with Crippen molar-refractivity contribution < 1.29 is 27.2 Å². The van der Waals surface area contributed by atoms with Crippen LogP contribution in [0, 0.1) is 13.8 Å². The maximum absolute atomic E-state index is 12.2. The number of anilines is 1. The molecule has 0 fully saturated rings. The molecule has 0 unspecified atom stereocenters. The molecule has 0 bridgehead atoms. The molecule has 0 spiro atoms. The predicted molar refractivity (Wildman–Crippen MR) is 80.2 cm³/mol. The molecule has 24 heavy (non-hydrogen) atoms. The van der Waals surface area contributed by atoms with E-state index in [2.05, 4.69) is 20.2 Å². The number of fused-ring (bicyclic) bond motifs is 1. The molecule has 0 saturated carbocycles. The SMILES string of the molecule is Cc1noc(C)c1C(=O)Nc1nc2ccc(OC(F)(F)F)cc2s1. The summed E-state index contributed by atoms with van der Waals surface area (Å²) < 4.78 is 46.0. The molecule has 10 heteroatoms. The van der Waals surface area contributed by atoms with Crippen LogP contribution in [-0.2, 0) is 0 Å². The highest BCUT2D eigenvalue weighted by atomic mass is 32.1. The molecule has 1 N–H and O–H groups in total. The number of nitrogens with zero attached hydrogens (tertiary/aromatic N) is 2. The molecule has 0 radical (unpaired) electrons. The summed E-state index contributed by atoms with van der Waals surface area (Å²) in [7, 11) is 0. The summed E-state index contributed by atoms with van der Waals surface area (Å²) in [6.07, 6.45) is -4.77. The van der Waals surface area contributed by atoms with E-state index in [9.17, 15) is 18.0 Å². The smallest absolute Gasteiger partial charge is 0.406 e. The largest absolute Gasteiger partial charge is 0.573 e. The first-order valence-corrected chi connectivity index (χ1v) is 7.45. The van der Waals surface area contributed by atoms with E-state index in [1.54, 1.807) is 13.8 Å². The van der Waals surface area contributed by atoms with Crippen LogP contribution in [-0.4, -0.2) is 22.4 Å². The minimum absolute atomic E-state index is 0.249. The Kier molecular flexibility index (Phi) is 3.91. The monoisotopic (exact) mass is 357 g/mol. The van der Waals surface area contributed by atoms with Crippen LogP contribution >= 0.6 is 11.3 Å². The summed E-state index contributed by atoms with van der Waals surface area (Å²) in [5.74, 6) is -0.425. The van der Waals surface area contributed by atoms with Gasteiger partial charge in [-0.2, -0.15) is 0 Å². The van der Waals surface area contributed by atoms with Gasteiger partial charge >= 0.3 is 6.36 Å². The van der Waals surface area contributed by atoms with Crippen molar-refractivity contribution in [3.8, 4) is 5.75 Å². The van der Waals surface area contributed by atoms with Gasteiger partial charge in [-0.3, -0.25) is 10.1 Å². The Bertz CT molecular complexity index is 898. The van der Waals surface area contributed by atoms with Crippen LogP contribution in [0.5, 0.6) is 5.75 Å². The summed E-state index contributed by atoms with van der Waals surface area (Å²) in [5.41, 5.74) is 1.19. The van der Waals surface area contributed by atoms with Gasteiger partial charge in [0, 0.05) is 6.07 Å². The summed E-state index contributed by atoms with van der Waals surface area (Å²) in [6, 6.07) is 3.76. The third-order valence-electron chi connectivity index (χ3n) is 3.07. The van der Waals surface area contributed by atoms with Gasteiger partial charge in [-0.05, 0) is 26.0 Å². The lowest BCUT2D eigenvalue weighted by molar-refractivity contribution is -0.274. The average molecular weight is 357 g/mol. The van der Waals surface area contributed by atoms with Crippen LogP contribution in [0.3, 0.4) is 0 Å². The third-order valence-corrected chi connectivity index (χ3v) is 4.01. The maximum atomic E-state index is 12.2. The van der Waals surface area contributed by atoms with E-state index in [1.165, 1.54) is 12.1 Å². The number of aromatic nitrogens is 2. The van der Waals surface area contributed by atoms with E-state index in [0.29, 0.717) is 27.2 Å². The number of hydrogen-bond acceptors (Lipinski definition) is 6. The Morgan fingerprint density at radius 3 is 2.71 bits per heavy atom. The second-order valence-corrected chi connectivity index (χ2v) is 5.88. The Balaban J connectivity index is 1.84. The van der Waals surface area contributed by atoms with E-state index < -0.39 is 12.3 Å². The summed E-state index contributed by atoms with van der Waals surface area (Å²) >= 11 is 1.03. The Morgan fingerprint density at radius 1 is 1.33 bits per heavy atom. The zero-order chi connectivity index (χ0) is 17.5. The lowest BCUT2D eigenvalue weighted by atomic mass is 10.2. The fourth-order valence-corrected chi connectivity index (χ4v) is 3.01. The number of carbonyl (C=O) groups excluding carboxylic acids is 1. The highest BCUT2D eigenvalue weighted by Crippen LogP contribution is 2.32. The molecular formula is C14H10F3N3O3S. The van der Waals surface area contributed by atoms with E-state index in [-0.39, 0.29) is 10.9 Å². The van der Waals surface area contributed by atoms with Gasteiger partial charge in [-0.1, -0.05) is 16.5 Å². The lowest BCUT2D eigenvalue weighted by Gasteiger charge is -2.07. The number of aryl methyl sites for hydroxylation is 2. The highest BCUT2D eigenvalue weighted by molar-refractivity contribution is 7.22. The molecular weight excluding hydrogens is 347 g/mol. The van der Waals surface area contributed by atoms with Crippen molar-refractivity contribution in [3.05, 3.63) is 35.2 Å². The molecule has 126 valence electrons. The first-order chi connectivity index (χ1) is 11.2. The number of halogens is 3. The predicted octanol–water partition coefficient (Wildman–Crippen LogP) is 4.05. The average Bonchev–Trinajstić information content (AvgIpc) is 2.99. The number of thiazole rings is 1. The van der Waals surface area contributed by atoms with E-state index in [1.807, 2.05) is 0 Å². The molecule has 3 rings (SSSR count). The van der Waals surface area contributed by atoms with Gasteiger partial charge in [-0.15, -0.1) is 13.2 Å². The molecule has 0 aliphatic rings. The minimum atomic E-state index is -4.77.